The van der Waals surface area contributed by atoms with Crippen molar-refractivity contribution in [2.75, 3.05) is 21.3 Å². The second-order valence-corrected chi connectivity index (χ2v) is 7.59. The van der Waals surface area contributed by atoms with Gasteiger partial charge < -0.3 is 18.8 Å². The fraction of sp³-hybridized carbons (Fsp3) is 0.154. The fourth-order valence-corrected chi connectivity index (χ4v) is 4.17. The highest BCUT2D eigenvalue weighted by Crippen LogP contribution is 2.44. The van der Waals surface area contributed by atoms with Crippen LogP contribution in [0.2, 0.25) is 0 Å². The van der Waals surface area contributed by atoms with E-state index >= 15 is 0 Å². The maximum absolute atomic E-state index is 5.59. The molecule has 5 aromatic rings. The predicted octanol–water partition coefficient (Wildman–Crippen LogP) is 5.32. The number of methoxy groups -OCH3 is 3. The number of nitrogens with one attached hydrogen (secondary N) is 1. The van der Waals surface area contributed by atoms with Gasteiger partial charge in [-0.05, 0) is 24.3 Å². The molecule has 2 heterocycles. The number of nitrogens with zero attached hydrogens (tertiary/aromatic N) is 3. The van der Waals surface area contributed by atoms with Crippen LogP contribution < -0.4 is 14.2 Å². The number of imidazole rings is 1. The quantitative estimate of drug-likeness (QED) is 0.387. The van der Waals surface area contributed by atoms with Gasteiger partial charge >= 0.3 is 0 Å². The molecule has 0 aliphatic heterocycles. The van der Waals surface area contributed by atoms with Crippen LogP contribution in [0.15, 0.2) is 66.7 Å². The zero-order chi connectivity index (χ0) is 22.9. The summed E-state index contributed by atoms with van der Waals surface area (Å²) in [5, 5.41) is 7.97. The van der Waals surface area contributed by atoms with E-state index in [0.717, 1.165) is 44.9 Å². The van der Waals surface area contributed by atoms with Crippen molar-refractivity contribution in [2.24, 2.45) is 7.05 Å². The Morgan fingerprint density at radius 1 is 0.788 bits per heavy atom. The van der Waals surface area contributed by atoms with Crippen LogP contribution in [0, 0.1) is 0 Å². The van der Waals surface area contributed by atoms with Crippen LogP contribution in [-0.4, -0.2) is 41.1 Å². The number of rotatable bonds is 6. The van der Waals surface area contributed by atoms with Crippen LogP contribution in [0.1, 0.15) is 0 Å². The van der Waals surface area contributed by atoms with Gasteiger partial charge in [0.2, 0.25) is 5.75 Å². The van der Waals surface area contributed by atoms with E-state index in [0.29, 0.717) is 17.2 Å². The van der Waals surface area contributed by atoms with Crippen molar-refractivity contribution in [3.05, 3.63) is 66.7 Å². The summed E-state index contributed by atoms with van der Waals surface area (Å²) in [7, 11) is 6.82. The molecule has 0 amide bonds. The van der Waals surface area contributed by atoms with Gasteiger partial charge in [-0.25, -0.2) is 4.98 Å². The summed E-state index contributed by atoms with van der Waals surface area (Å²) < 4.78 is 18.8. The molecule has 3 aromatic carbocycles. The summed E-state index contributed by atoms with van der Waals surface area (Å²) in [6.07, 6.45) is 0. The zero-order valence-corrected chi connectivity index (χ0v) is 18.9. The Kier molecular flexibility index (Phi) is 5.22. The van der Waals surface area contributed by atoms with Crippen LogP contribution >= 0.6 is 0 Å². The number of fused-ring (bicyclic) bond motifs is 1. The molecule has 33 heavy (non-hydrogen) atoms. The second-order valence-electron chi connectivity index (χ2n) is 7.59. The maximum atomic E-state index is 5.59. The summed E-state index contributed by atoms with van der Waals surface area (Å²) in [6.45, 7) is 0. The van der Waals surface area contributed by atoms with Gasteiger partial charge in [-0.3, -0.25) is 5.10 Å². The molecular formula is C26H24N4O3. The van der Waals surface area contributed by atoms with Crippen LogP contribution in [0.3, 0.4) is 0 Å². The van der Waals surface area contributed by atoms with Crippen molar-refractivity contribution < 1.29 is 14.2 Å². The molecular weight excluding hydrogens is 416 g/mol. The zero-order valence-electron chi connectivity index (χ0n) is 18.9. The van der Waals surface area contributed by atoms with E-state index in [4.69, 9.17) is 24.3 Å². The molecule has 5 rings (SSSR count). The third-order valence-corrected chi connectivity index (χ3v) is 5.78. The van der Waals surface area contributed by atoms with Gasteiger partial charge in [0.05, 0.1) is 43.6 Å². The Hall–Kier alpha value is -4.26. The highest BCUT2D eigenvalue weighted by Gasteiger charge is 2.25. The van der Waals surface area contributed by atoms with Crippen LogP contribution in [0.25, 0.3) is 44.9 Å². The first kappa shape index (κ1) is 20.6. The van der Waals surface area contributed by atoms with Crippen LogP contribution in [-0.2, 0) is 7.05 Å². The molecule has 0 aliphatic carbocycles. The van der Waals surface area contributed by atoms with E-state index in [1.54, 1.807) is 21.3 Å². The Bertz CT molecular complexity index is 1410. The van der Waals surface area contributed by atoms with Crippen molar-refractivity contribution in [2.45, 2.75) is 0 Å². The lowest BCUT2D eigenvalue weighted by molar-refractivity contribution is 0.324. The molecule has 7 nitrogen and oxygen atoms in total. The van der Waals surface area contributed by atoms with Gasteiger partial charge in [-0.15, -0.1) is 0 Å². The van der Waals surface area contributed by atoms with E-state index in [2.05, 4.69) is 27.9 Å². The number of aromatic amines is 1. The van der Waals surface area contributed by atoms with Gasteiger partial charge in [0.1, 0.15) is 11.5 Å². The average Bonchev–Trinajstić information content (AvgIpc) is 3.45. The lowest BCUT2D eigenvalue weighted by atomic mass is 10.0. The number of hydrogen-bond acceptors (Lipinski definition) is 5. The first-order valence-electron chi connectivity index (χ1n) is 10.5. The molecule has 2 aromatic heterocycles. The van der Waals surface area contributed by atoms with Crippen molar-refractivity contribution in [3.63, 3.8) is 0 Å². The monoisotopic (exact) mass is 440 g/mol. The lowest BCUT2D eigenvalue weighted by Crippen LogP contribution is -1.98. The number of hydrogen-bond donors (Lipinski definition) is 1. The number of H-pyrrole nitrogens is 1. The van der Waals surface area contributed by atoms with Crippen molar-refractivity contribution in [1.82, 2.24) is 19.7 Å². The SMILES string of the molecule is COc1cc(-c2n[nH]c(-c3ccccc3)c2-c2nc3ccccc3n2C)cc(OC)c1OC. The molecule has 0 aliphatic rings. The average molecular weight is 441 g/mol. The number of para-hydroxylation sites is 2. The standard InChI is InChI=1S/C26H24N4O3/c1-30-19-13-9-8-12-18(19)27-26(30)22-23(16-10-6-5-7-11-16)28-29-24(22)17-14-20(31-2)25(33-4)21(15-17)32-3/h5-15H,1-4H3,(H,28,29). The Morgan fingerprint density at radius 3 is 2.09 bits per heavy atom. The Balaban J connectivity index is 1.82. The normalized spacial score (nSPS) is 11.0. The summed E-state index contributed by atoms with van der Waals surface area (Å²) in [6, 6.07) is 22.0. The Labute approximate surface area is 191 Å². The van der Waals surface area contributed by atoms with Gasteiger partial charge in [0.25, 0.3) is 0 Å². The number of aromatic nitrogens is 4. The van der Waals surface area contributed by atoms with Crippen LogP contribution in [0.4, 0.5) is 0 Å². The molecule has 7 heteroatoms. The fourth-order valence-electron chi connectivity index (χ4n) is 4.17. The van der Waals surface area contributed by atoms with E-state index < -0.39 is 0 Å². The van der Waals surface area contributed by atoms with Gasteiger partial charge in [-0.2, -0.15) is 5.10 Å². The van der Waals surface area contributed by atoms with Crippen molar-refractivity contribution in [1.29, 1.82) is 0 Å². The van der Waals surface area contributed by atoms with E-state index in [1.165, 1.54) is 0 Å². The minimum atomic E-state index is 0.534. The first-order valence-corrected chi connectivity index (χ1v) is 10.5. The minimum absolute atomic E-state index is 0.534. The molecule has 0 saturated carbocycles. The molecule has 0 saturated heterocycles. The molecule has 0 spiro atoms. The van der Waals surface area contributed by atoms with Crippen LogP contribution in [0.5, 0.6) is 17.2 Å². The van der Waals surface area contributed by atoms with E-state index in [9.17, 15) is 0 Å². The summed E-state index contributed by atoms with van der Waals surface area (Å²) in [4.78, 5) is 4.96. The van der Waals surface area contributed by atoms with E-state index in [-0.39, 0.29) is 0 Å². The topological polar surface area (TPSA) is 74.2 Å². The van der Waals surface area contributed by atoms with Gasteiger partial charge in [-0.1, -0.05) is 42.5 Å². The number of benzene rings is 3. The van der Waals surface area contributed by atoms with Crippen molar-refractivity contribution >= 4 is 11.0 Å². The van der Waals surface area contributed by atoms with Gasteiger partial charge in [0.15, 0.2) is 11.5 Å². The summed E-state index contributed by atoms with van der Waals surface area (Å²) in [5.74, 6) is 2.47. The van der Waals surface area contributed by atoms with Gasteiger partial charge in [0, 0.05) is 18.2 Å². The largest absolute Gasteiger partial charge is 0.493 e. The number of ether oxygens (including phenoxy) is 3. The van der Waals surface area contributed by atoms with E-state index in [1.807, 2.05) is 55.6 Å². The predicted molar refractivity (Wildman–Crippen MR) is 129 cm³/mol. The number of aryl methyl sites for hydroxylation is 1. The molecule has 0 atom stereocenters. The summed E-state index contributed by atoms with van der Waals surface area (Å²) in [5.41, 5.74) is 6.34. The molecule has 166 valence electrons. The third-order valence-electron chi connectivity index (χ3n) is 5.78. The molecule has 1 N–H and O–H groups in total. The maximum Gasteiger partial charge on any atom is 0.203 e. The highest BCUT2D eigenvalue weighted by atomic mass is 16.5. The highest BCUT2D eigenvalue weighted by molar-refractivity contribution is 5.93. The smallest absolute Gasteiger partial charge is 0.203 e. The molecule has 0 unspecified atom stereocenters. The Morgan fingerprint density at radius 2 is 1.45 bits per heavy atom. The minimum Gasteiger partial charge on any atom is -0.493 e. The first-order chi connectivity index (χ1) is 16.2. The van der Waals surface area contributed by atoms with Crippen molar-refractivity contribution in [3.8, 4) is 51.2 Å². The third kappa shape index (κ3) is 3.38. The molecule has 0 fully saturated rings. The second kappa shape index (κ2) is 8.35. The summed E-state index contributed by atoms with van der Waals surface area (Å²) >= 11 is 0. The molecule has 0 radical (unpaired) electrons. The molecule has 0 bridgehead atoms. The lowest BCUT2D eigenvalue weighted by Gasteiger charge is -2.14.